The number of rotatable bonds is 8. The summed E-state index contributed by atoms with van der Waals surface area (Å²) in [4.78, 5) is 35.3. The van der Waals surface area contributed by atoms with E-state index in [-0.39, 0.29) is 24.1 Å². The van der Waals surface area contributed by atoms with Gasteiger partial charge in [-0.15, -0.1) is 0 Å². The van der Waals surface area contributed by atoms with Crippen molar-refractivity contribution in [2.75, 3.05) is 13.7 Å². The van der Waals surface area contributed by atoms with E-state index in [1.54, 1.807) is 0 Å². The van der Waals surface area contributed by atoms with Crippen LogP contribution in [0.3, 0.4) is 0 Å². The fourth-order valence-corrected chi connectivity index (χ4v) is 2.49. The minimum Gasteiger partial charge on any atom is -0.465 e. The van der Waals surface area contributed by atoms with Gasteiger partial charge in [0.15, 0.2) is 6.61 Å². The summed E-state index contributed by atoms with van der Waals surface area (Å²) < 4.78 is 9.61. The van der Waals surface area contributed by atoms with Crippen LogP contribution in [0, 0.1) is 0 Å². The van der Waals surface area contributed by atoms with Crippen molar-refractivity contribution in [1.29, 1.82) is 0 Å². The van der Waals surface area contributed by atoms with Gasteiger partial charge in [-0.1, -0.05) is 30.3 Å². The molecule has 1 atom stereocenters. The van der Waals surface area contributed by atoms with Gasteiger partial charge in [0.2, 0.25) is 0 Å². The van der Waals surface area contributed by atoms with Crippen LogP contribution in [0.4, 0.5) is 0 Å². The maximum atomic E-state index is 12.0. The molecular weight excluding hydrogens is 346 g/mol. The van der Waals surface area contributed by atoms with E-state index in [1.807, 2.05) is 37.3 Å². The summed E-state index contributed by atoms with van der Waals surface area (Å²) in [6.07, 6.45) is 1.65. The Bertz CT molecular complexity index is 771. The zero-order chi connectivity index (χ0) is 19.6. The number of ether oxygens (including phenoxy) is 2. The number of benzene rings is 2. The molecule has 0 aliphatic heterocycles. The number of amides is 1. The van der Waals surface area contributed by atoms with E-state index in [4.69, 9.17) is 4.74 Å². The van der Waals surface area contributed by atoms with Crippen LogP contribution in [0.15, 0.2) is 54.6 Å². The summed E-state index contributed by atoms with van der Waals surface area (Å²) in [5.74, 6) is -1.47. The number of nitrogens with one attached hydrogen (secondary N) is 1. The Hall–Kier alpha value is -3.15. The second-order valence-corrected chi connectivity index (χ2v) is 6.14. The van der Waals surface area contributed by atoms with Crippen LogP contribution in [0.5, 0.6) is 0 Å². The van der Waals surface area contributed by atoms with Gasteiger partial charge < -0.3 is 14.8 Å². The first-order chi connectivity index (χ1) is 13.0. The molecule has 0 aliphatic rings. The van der Waals surface area contributed by atoms with Crippen LogP contribution in [0.25, 0.3) is 0 Å². The normalized spacial score (nSPS) is 11.3. The van der Waals surface area contributed by atoms with Crippen molar-refractivity contribution in [2.45, 2.75) is 25.8 Å². The van der Waals surface area contributed by atoms with Gasteiger partial charge in [-0.05, 0) is 49.6 Å². The number of methoxy groups -OCH3 is 1. The standard InChI is InChI=1S/C21H23NO5/c1-15(8-9-16-6-4-3-5-7-16)22-19(23)14-27-21(25)18-12-10-17(11-13-18)20(24)26-2/h3-7,10-13,15H,8-9,14H2,1-2H3,(H,22,23)/t15-/m0/s1. The third-order valence-electron chi connectivity index (χ3n) is 3.99. The molecule has 2 rings (SSSR count). The molecule has 0 aromatic heterocycles. The number of aryl methyl sites for hydroxylation is 1. The summed E-state index contributed by atoms with van der Waals surface area (Å²) in [6, 6.07) is 15.8. The van der Waals surface area contributed by atoms with E-state index in [9.17, 15) is 14.4 Å². The second-order valence-electron chi connectivity index (χ2n) is 6.14. The fraction of sp³-hybridized carbons (Fsp3) is 0.286. The zero-order valence-electron chi connectivity index (χ0n) is 15.4. The zero-order valence-corrected chi connectivity index (χ0v) is 15.4. The van der Waals surface area contributed by atoms with Crippen LogP contribution < -0.4 is 5.32 Å². The van der Waals surface area contributed by atoms with Crippen molar-refractivity contribution >= 4 is 17.8 Å². The molecule has 6 nitrogen and oxygen atoms in total. The molecule has 0 aliphatic carbocycles. The van der Waals surface area contributed by atoms with Crippen LogP contribution >= 0.6 is 0 Å². The van der Waals surface area contributed by atoms with Gasteiger partial charge in [0.25, 0.3) is 5.91 Å². The van der Waals surface area contributed by atoms with Gasteiger partial charge in [0, 0.05) is 6.04 Å². The van der Waals surface area contributed by atoms with E-state index in [2.05, 4.69) is 10.1 Å². The van der Waals surface area contributed by atoms with Gasteiger partial charge in [0.1, 0.15) is 0 Å². The van der Waals surface area contributed by atoms with Crippen LogP contribution in [-0.2, 0) is 20.7 Å². The Kier molecular flexibility index (Phi) is 7.55. The largest absolute Gasteiger partial charge is 0.465 e. The van der Waals surface area contributed by atoms with E-state index in [0.717, 1.165) is 12.8 Å². The first-order valence-electron chi connectivity index (χ1n) is 8.68. The highest BCUT2D eigenvalue weighted by molar-refractivity contribution is 5.94. The number of hydrogen-bond donors (Lipinski definition) is 1. The van der Waals surface area contributed by atoms with Crippen molar-refractivity contribution in [1.82, 2.24) is 5.32 Å². The molecule has 0 unspecified atom stereocenters. The van der Waals surface area contributed by atoms with E-state index < -0.39 is 11.9 Å². The molecule has 1 N–H and O–H groups in total. The predicted octanol–water partition coefficient (Wildman–Crippen LogP) is 2.77. The average Bonchev–Trinajstić information content (AvgIpc) is 2.70. The van der Waals surface area contributed by atoms with Gasteiger partial charge in [-0.25, -0.2) is 9.59 Å². The molecule has 142 valence electrons. The molecule has 0 saturated heterocycles. The van der Waals surface area contributed by atoms with Gasteiger partial charge in [-0.2, -0.15) is 0 Å². The van der Waals surface area contributed by atoms with Crippen molar-refractivity contribution in [2.24, 2.45) is 0 Å². The smallest absolute Gasteiger partial charge is 0.338 e. The number of carbonyl (C=O) groups excluding carboxylic acids is 3. The number of hydrogen-bond acceptors (Lipinski definition) is 5. The molecule has 0 fully saturated rings. The fourth-order valence-electron chi connectivity index (χ4n) is 2.49. The van der Waals surface area contributed by atoms with E-state index in [0.29, 0.717) is 5.56 Å². The van der Waals surface area contributed by atoms with Gasteiger partial charge in [0.05, 0.1) is 18.2 Å². The average molecular weight is 369 g/mol. The molecule has 0 bridgehead atoms. The Morgan fingerprint density at radius 3 is 2.11 bits per heavy atom. The maximum Gasteiger partial charge on any atom is 0.338 e. The molecule has 2 aromatic rings. The first-order valence-corrected chi connectivity index (χ1v) is 8.68. The van der Waals surface area contributed by atoms with Crippen molar-refractivity contribution in [3.8, 4) is 0 Å². The van der Waals surface area contributed by atoms with Gasteiger partial charge in [-0.3, -0.25) is 4.79 Å². The molecule has 2 aromatic carbocycles. The van der Waals surface area contributed by atoms with Crippen LogP contribution in [0.1, 0.15) is 39.6 Å². The topological polar surface area (TPSA) is 81.7 Å². The monoisotopic (exact) mass is 369 g/mol. The highest BCUT2D eigenvalue weighted by atomic mass is 16.5. The Labute approximate surface area is 158 Å². The van der Waals surface area contributed by atoms with Crippen molar-refractivity contribution in [3.63, 3.8) is 0 Å². The molecule has 1 amide bonds. The van der Waals surface area contributed by atoms with Crippen molar-refractivity contribution in [3.05, 3.63) is 71.3 Å². The Balaban J connectivity index is 1.74. The number of esters is 2. The molecule has 0 saturated carbocycles. The molecule has 0 radical (unpaired) electrons. The third kappa shape index (κ3) is 6.58. The maximum absolute atomic E-state index is 12.0. The minimum atomic E-state index is -0.626. The summed E-state index contributed by atoms with van der Waals surface area (Å²) >= 11 is 0. The van der Waals surface area contributed by atoms with Crippen LogP contribution in [-0.4, -0.2) is 37.6 Å². The lowest BCUT2D eigenvalue weighted by Crippen LogP contribution is -2.36. The summed E-state index contributed by atoms with van der Waals surface area (Å²) in [5.41, 5.74) is 1.80. The Morgan fingerprint density at radius 2 is 1.52 bits per heavy atom. The third-order valence-corrected chi connectivity index (χ3v) is 3.99. The SMILES string of the molecule is COC(=O)c1ccc(C(=O)OCC(=O)N[C@@H](C)CCc2ccccc2)cc1. The summed E-state index contributed by atoms with van der Waals surface area (Å²) in [5, 5.41) is 2.81. The van der Waals surface area contributed by atoms with E-state index in [1.165, 1.54) is 36.9 Å². The molecule has 27 heavy (non-hydrogen) atoms. The van der Waals surface area contributed by atoms with Crippen LogP contribution in [0.2, 0.25) is 0 Å². The summed E-state index contributed by atoms with van der Waals surface area (Å²) in [6.45, 7) is 1.56. The Morgan fingerprint density at radius 1 is 0.926 bits per heavy atom. The first kappa shape index (κ1) is 20.2. The second kappa shape index (κ2) is 10.1. The molecular formula is C21H23NO5. The molecule has 0 heterocycles. The molecule has 0 spiro atoms. The predicted molar refractivity (Wildman–Crippen MR) is 100 cm³/mol. The lowest BCUT2D eigenvalue weighted by atomic mass is 10.1. The van der Waals surface area contributed by atoms with E-state index >= 15 is 0 Å². The molecule has 6 heteroatoms. The quantitative estimate of drug-likeness (QED) is 0.724. The minimum absolute atomic E-state index is 0.0317. The summed E-state index contributed by atoms with van der Waals surface area (Å²) in [7, 11) is 1.28. The number of carbonyl (C=O) groups is 3. The van der Waals surface area contributed by atoms with Crippen molar-refractivity contribution < 1.29 is 23.9 Å². The lowest BCUT2D eigenvalue weighted by molar-refractivity contribution is -0.124. The highest BCUT2D eigenvalue weighted by Gasteiger charge is 2.13. The van der Waals surface area contributed by atoms with Gasteiger partial charge >= 0.3 is 11.9 Å². The highest BCUT2D eigenvalue weighted by Crippen LogP contribution is 2.08. The lowest BCUT2D eigenvalue weighted by Gasteiger charge is -2.14.